The zero-order chi connectivity index (χ0) is 28.3. The minimum Gasteiger partial charge on any atom is -0.467 e. The van der Waals surface area contributed by atoms with E-state index in [0.717, 1.165) is 61.0 Å². The highest BCUT2D eigenvalue weighted by atomic mass is 19.1. The van der Waals surface area contributed by atoms with Crippen LogP contribution in [0.2, 0.25) is 0 Å². The van der Waals surface area contributed by atoms with Crippen LogP contribution >= 0.6 is 0 Å². The fraction of sp³-hybridized carbons (Fsp3) is 0.387. The lowest BCUT2D eigenvalue weighted by Crippen LogP contribution is -2.48. The highest BCUT2D eigenvalue weighted by molar-refractivity contribution is 5.94. The molecule has 10 heteroatoms. The first kappa shape index (κ1) is 27.2. The van der Waals surface area contributed by atoms with Gasteiger partial charge in [0.25, 0.3) is 11.5 Å². The summed E-state index contributed by atoms with van der Waals surface area (Å²) in [5.74, 6) is 0.540. The molecule has 1 aliphatic heterocycles. The molecule has 0 unspecified atom stereocenters. The molecule has 2 aliphatic rings. The van der Waals surface area contributed by atoms with Gasteiger partial charge in [-0.3, -0.25) is 14.5 Å². The van der Waals surface area contributed by atoms with Crippen molar-refractivity contribution < 1.29 is 18.7 Å². The summed E-state index contributed by atoms with van der Waals surface area (Å²) in [5.41, 5.74) is 3.02. The largest absolute Gasteiger partial charge is 0.467 e. The smallest absolute Gasteiger partial charge is 0.261 e. The summed E-state index contributed by atoms with van der Waals surface area (Å²) in [6, 6.07) is 11.8. The molecule has 1 aliphatic carbocycles. The average molecular weight is 560 g/mol. The van der Waals surface area contributed by atoms with Crippen molar-refractivity contribution in [2.75, 3.05) is 44.2 Å². The summed E-state index contributed by atoms with van der Waals surface area (Å²) < 4.78 is 19.7. The fourth-order valence-corrected chi connectivity index (χ4v) is 5.89. The lowest BCUT2D eigenvalue weighted by molar-refractivity contribution is 0.0715. The van der Waals surface area contributed by atoms with E-state index < -0.39 is 0 Å². The molecule has 9 nitrogen and oxygen atoms in total. The molecule has 6 rings (SSSR count). The highest BCUT2D eigenvalue weighted by Gasteiger charge is 2.27. The van der Waals surface area contributed by atoms with Crippen LogP contribution in [0, 0.1) is 5.82 Å². The van der Waals surface area contributed by atoms with Crippen molar-refractivity contribution in [2.24, 2.45) is 0 Å². The molecule has 1 aromatic carbocycles. The number of carbonyl (C=O) groups excluding carboxylic acids is 1. The zero-order valence-electron chi connectivity index (χ0n) is 22.9. The summed E-state index contributed by atoms with van der Waals surface area (Å²) >= 11 is 0. The predicted molar refractivity (Wildman–Crippen MR) is 153 cm³/mol. The van der Waals surface area contributed by atoms with E-state index >= 15 is 0 Å². The van der Waals surface area contributed by atoms with Gasteiger partial charge in [0.05, 0.1) is 31.5 Å². The summed E-state index contributed by atoms with van der Waals surface area (Å²) in [6.45, 7) is 3.93. The van der Waals surface area contributed by atoms with E-state index in [4.69, 9.17) is 9.40 Å². The van der Waals surface area contributed by atoms with Crippen molar-refractivity contribution >= 4 is 22.6 Å². The van der Waals surface area contributed by atoms with Gasteiger partial charge in [-0.25, -0.2) is 9.37 Å². The number of H-pyrrole nitrogens is 1. The monoisotopic (exact) mass is 559 g/mol. The quantitative estimate of drug-likeness (QED) is 0.341. The number of aromatic nitrogens is 2. The molecule has 0 radical (unpaired) electrons. The summed E-state index contributed by atoms with van der Waals surface area (Å²) in [4.78, 5) is 40.9. The second kappa shape index (κ2) is 11.8. The molecule has 1 amide bonds. The molecule has 4 aromatic rings. The van der Waals surface area contributed by atoms with Gasteiger partial charge in [-0.05, 0) is 67.6 Å². The predicted octanol–water partition coefficient (Wildman–Crippen LogP) is 3.49. The number of fused-ring (bicyclic) bond motifs is 2. The van der Waals surface area contributed by atoms with Crippen LogP contribution in [0.5, 0.6) is 0 Å². The number of aliphatic hydroxyl groups is 1. The number of furan rings is 1. The van der Waals surface area contributed by atoms with Crippen molar-refractivity contribution in [3.63, 3.8) is 0 Å². The number of benzene rings is 1. The molecule has 0 saturated carbocycles. The average Bonchev–Trinajstić information content (AvgIpc) is 3.50. The maximum Gasteiger partial charge on any atom is 0.261 e. The SMILES string of the molecule is O=C(c1cc2c([nH]c1=O)CCCC2)N(Cc1ccco1)Cc1cc2ccc(F)cc2nc1N1CCN(CCO)CC1. The number of piperazine rings is 1. The molecule has 0 atom stereocenters. The van der Waals surface area contributed by atoms with Gasteiger partial charge in [-0.15, -0.1) is 0 Å². The van der Waals surface area contributed by atoms with Crippen LogP contribution in [-0.2, 0) is 25.9 Å². The molecule has 214 valence electrons. The Labute approximate surface area is 237 Å². The van der Waals surface area contributed by atoms with E-state index in [0.29, 0.717) is 36.7 Å². The molecule has 1 saturated heterocycles. The Kier molecular flexibility index (Phi) is 7.84. The van der Waals surface area contributed by atoms with Crippen molar-refractivity contribution in [3.8, 4) is 0 Å². The first-order chi connectivity index (χ1) is 20.0. The number of β-amino-alcohol motifs (C(OH)–C–C–N with tert-alkyl or cyclic N) is 1. The Morgan fingerprint density at radius 2 is 1.90 bits per heavy atom. The first-order valence-electron chi connectivity index (χ1n) is 14.2. The third-order valence-electron chi connectivity index (χ3n) is 8.07. The van der Waals surface area contributed by atoms with Crippen LogP contribution in [-0.4, -0.2) is 70.1 Å². The second-order valence-electron chi connectivity index (χ2n) is 10.8. The Hall–Kier alpha value is -4.02. The Morgan fingerprint density at radius 1 is 1.07 bits per heavy atom. The second-order valence-corrected chi connectivity index (χ2v) is 10.8. The van der Waals surface area contributed by atoms with Crippen LogP contribution in [0.4, 0.5) is 10.2 Å². The minimum atomic E-state index is -0.382. The number of nitrogens with zero attached hydrogens (tertiary/aromatic N) is 4. The van der Waals surface area contributed by atoms with Crippen molar-refractivity contribution in [3.05, 3.63) is 93.0 Å². The van der Waals surface area contributed by atoms with Gasteiger partial charge in [0, 0.05) is 55.4 Å². The normalized spacial score (nSPS) is 15.7. The number of hydrogen-bond acceptors (Lipinski definition) is 7. The van der Waals surface area contributed by atoms with Crippen LogP contribution in [0.15, 0.2) is 57.9 Å². The molecule has 3 aromatic heterocycles. The number of aliphatic hydroxyl groups excluding tert-OH is 1. The Morgan fingerprint density at radius 3 is 2.68 bits per heavy atom. The number of hydrogen-bond donors (Lipinski definition) is 2. The summed E-state index contributed by atoms with van der Waals surface area (Å²) in [5, 5.41) is 10.1. The first-order valence-corrected chi connectivity index (χ1v) is 14.2. The number of halogens is 1. The molecule has 41 heavy (non-hydrogen) atoms. The molecule has 0 spiro atoms. The number of nitrogens with one attached hydrogen (secondary N) is 1. The number of carbonyl (C=O) groups is 1. The van der Waals surface area contributed by atoms with E-state index in [2.05, 4.69) is 14.8 Å². The summed E-state index contributed by atoms with van der Waals surface area (Å²) in [6.07, 6.45) is 5.26. The maximum absolute atomic E-state index is 14.1. The van der Waals surface area contributed by atoms with Crippen molar-refractivity contribution in [1.29, 1.82) is 0 Å². The molecule has 0 bridgehead atoms. The fourth-order valence-electron chi connectivity index (χ4n) is 5.89. The standard InChI is InChI=1S/C31H34FN5O4/c32-24-8-7-22-16-23(29(33-28(22)18-24)36-11-9-35(10-12-36)13-14-38)19-37(20-25-5-3-15-41-25)31(40)26-17-21-4-1-2-6-27(21)34-30(26)39/h3,5,7-8,15-18,38H,1-2,4,6,9-14,19-20H2,(H,34,39). The van der Waals surface area contributed by atoms with Crippen LogP contribution in [0.1, 0.15) is 45.8 Å². The molecule has 4 heterocycles. The zero-order valence-corrected chi connectivity index (χ0v) is 22.9. The maximum atomic E-state index is 14.1. The van der Waals surface area contributed by atoms with Gasteiger partial charge in [0.2, 0.25) is 0 Å². The molecular formula is C31H34FN5O4. The number of anilines is 1. The van der Waals surface area contributed by atoms with Gasteiger partial charge in [-0.2, -0.15) is 0 Å². The van der Waals surface area contributed by atoms with E-state index in [-0.39, 0.29) is 42.5 Å². The minimum absolute atomic E-state index is 0.102. The molecular weight excluding hydrogens is 525 g/mol. The topological polar surface area (TPSA) is 106 Å². The van der Waals surface area contributed by atoms with Crippen LogP contribution in [0.3, 0.4) is 0 Å². The Bertz CT molecular complexity index is 1590. The molecule has 1 fully saturated rings. The number of amides is 1. The third-order valence-corrected chi connectivity index (χ3v) is 8.07. The van der Waals surface area contributed by atoms with Gasteiger partial charge in [-0.1, -0.05) is 0 Å². The number of pyridine rings is 2. The summed E-state index contributed by atoms with van der Waals surface area (Å²) in [7, 11) is 0. The molecule has 2 N–H and O–H groups in total. The van der Waals surface area contributed by atoms with Crippen molar-refractivity contribution in [2.45, 2.75) is 38.8 Å². The van der Waals surface area contributed by atoms with Gasteiger partial charge < -0.3 is 24.3 Å². The van der Waals surface area contributed by atoms with Gasteiger partial charge in [0.15, 0.2) is 0 Å². The third kappa shape index (κ3) is 5.89. The van der Waals surface area contributed by atoms with E-state index in [9.17, 15) is 19.1 Å². The highest BCUT2D eigenvalue weighted by Crippen LogP contribution is 2.28. The van der Waals surface area contributed by atoms with Crippen molar-refractivity contribution in [1.82, 2.24) is 19.8 Å². The lowest BCUT2D eigenvalue weighted by atomic mass is 9.95. The lowest BCUT2D eigenvalue weighted by Gasteiger charge is -2.36. The Balaban J connectivity index is 1.38. The number of rotatable bonds is 8. The number of aryl methyl sites for hydroxylation is 2. The van der Waals surface area contributed by atoms with Gasteiger partial charge in [0.1, 0.15) is 23.0 Å². The van der Waals surface area contributed by atoms with Crippen LogP contribution < -0.4 is 10.5 Å². The van der Waals surface area contributed by atoms with Crippen LogP contribution in [0.25, 0.3) is 10.9 Å². The van der Waals surface area contributed by atoms with E-state index in [1.807, 2.05) is 6.07 Å². The van der Waals surface area contributed by atoms with E-state index in [1.165, 1.54) is 12.1 Å². The number of aromatic amines is 1. The van der Waals surface area contributed by atoms with Gasteiger partial charge >= 0.3 is 0 Å². The van der Waals surface area contributed by atoms with E-state index in [1.54, 1.807) is 35.4 Å².